The molecule has 1 heterocycles. The largest absolute Gasteiger partial charge is 0.478 e. The van der Waals surface area contributed by atoms with E-state index in [1.165, 1.54) is 18.2 Å². The number of carboxylic acid groups (broad SMARTS) is 1. The normalized spacial score (nSPS) is 20.7. The van der Waals surface area contributed by atoms with Crippen molar-refractivity contribution in [3.63, 3.8) is 0 Å². The number of morpholine rings is 1. The van der Waals surface area contributed by atoms with Gasteiger partial charge in [0.05, 0.1) is 24.8 Å². The highest BCUT2D eigenvalue weighted by Gasteiger charge is 2.24. The van der Waals surface area contributed by atoms with Crippen molar-refractivity contribution in [3.05, 3.63) is 35.1 Å². The highest BCUT2D eigenvalue weighted by Crippen LogP contribution is 2.23. The summed E-state index contributed by atoms with van der Waals surface area (Å²) in [5.41, 5.74) is 0.165. The molecule has 16 heavy (non-hydrogen) atoms. The lowest BCUT2D eigenvalue weighted by atomic mass is 9.99. The third-order valence-electron chi connectivity index (χ3n) is 2.55. The zero-order valence-electron chi connectivity index (χ0n) is 8.57. The number of hydrogen-bond donors (Lipinski definition) is 2. The van der Waals surface area contributed by atoms with Crippen molar-refractivity contribution >= 4 is 5.97 Å². The summed E-state index contributed by atoms with van der Waals surface area (Å²) in [5.74, 6) is -1.63. The molecule has 0 saturated carbocycles. The van der Waals surface area contributed by atoms with Crippen molar-refractivity contribution in [1.82, 2.24) is 5.32 Å². The molecule has 5 heteroatoms. The van der Waals surface area contributed by atoms with Crippen molar-refractivity contribution in [3.8, 4) is 0 Å². The van der Waals surface area contributed by atoms with Crippen LogP contribution in [0, 0.1) is 5.82 Å². The Morgan fingerprint density at radius 1 is 1.56 bits per heavy atom. The fourth-order valence-electron chi connectivity index (χ4n) is 1.83. The van der Waals surface area contributed by atoms with Gasteiger partial charge >= 0.3 is 5.97 Å². The number of aromatic carboxylic acids is 1. The summed E-state index contributed by atoms with van der Waals surface area (Å²) in [6, 6.07) is 3.67. The smallest absolute Gasteiger partial charge is 0.336 e. The van der Waals surface area contributed by atoms with Gasteiger partial charge in [0, 0.05) is 12.1 Å². The van der Waals surface area contributed by atoms with Crippen LogP contribution in [0.1, 0.15) is 22.0 Å². The van der Waals surface area contributed by atoms with Crippen LogP contribution < -0.4 is 5.32 Å². The van der Waals surface area contributed by atoms with Gasteiger partial charge in [0.2, 0.25) is 0 Å². The Morgan fingerprint density at radius 3 is 3.00 bits per heavy atom. The molecule has 0 aromatic heterocycles. The Balaban J connectivity index is 2.40. The predicted octanol–water partition coefficient (Wildman–Crippen LogP) is 1.18. The average molecular weight is 225 g/mol. The Kier molecular flexibility index (Phi) is 3.17. The van der Waals surface area contributed by atoms with Crippen LogP contribution in [0.5, 0.6) is 0 Å². The summed E-state index contributed by atoms with van der Waals surface area (Å²) in [6.45, 7) is 1.45. The molecule has 2 N–H and O–H groups in total. The van der Waals surface area contributed by atoms with Gasteiger partial charge in [-0.1, -0.05) is 6.07 Å². The zero-order chi connectivity index (χ0) is 11.5. The van der Waals surface area contributed by atoms with Crippen LogP contribution in [-0.2, 0) is 4.74 Å². The lowest BCUT2D eigenvalue weighted by molar-refractivity contribution is 0.0668. The van der Waals surface area contributed by atoms with Gasteiger partial charge in [-0.3, -0.25) is 0 Å². The highest BCUT2D eigenvalue weighted by molar-refractivity contribution is 5.89. The zero-order valence-corrected chi connectivity index (χ0v) is 8.57. The third-order valence-corrected chi connectivity index (χ3v) is 2.55. The fourth-order valence-corrected chi connectivity index (χ4v) is 1.83. The second-order valence-corrected chi connectivity index (χ2v) is 3.59. The number of halogens is 1. The minimum absolute atomic E-state index is 0.0111. The number of benzene rings is 1. The second-order valence-electron chi connectivity index (χ2n) is 3.59. The number of hydrogen-bond acceptors (Lipinski definition) is 3. The Hall–Kier alpha value is -1.46. The average Bonchev–Trinajstić information content (AvgIpc) is 2.29. The number of carboxylic acids is 1. The Morgan fingerprint density at radius 2 is 2.38 bits per heavy atom. The molecule has 1 aliphatic heterocycles. The van der Waals surface area contributed by atoms with Gasteiger partial charge in [-0.25, -0.2) is 9.18 Å². The minimum Gasteiger partial charge on any atom is -0.478 e. The van der Waals surface area contributed by atoms with E-state index in [4.69, 9.17) is 9.84 Å². The van der Waals surface area contributed by atoms with Crippen molar-refractivity contribution < 1.29 is 19.0 Å². The van der Waals surface area contributed by atoms with Crippen LogP contribution in [0.4, 0.5) is 4.39 Å². The van der Waals surface area contributed by atoms with E-state index in [1.807, 2.05) is 0 Å². The second kappa shape index (κ2) is 4.59. The summed E-state index contributed by atoms with van der Waals surface area (Å²) >= 11 is 0. The maximum absolute atomic E-state index is 13.6. The van der Waals surface area contributed by atoms with Gasteiger partial charge in [0.1, 0.15) is 5.82 Å². The van der Waals surface area contributed by atoms with E-state index in [0.717, 1.165) is 0 Å². The van der Waals surface area contributed by atoms with E-state index in [0.29, 0.717) is 19.8 Å². The van der Waals surface area contributed by atoms with Gasteiger partial charge in [-0.05, 0) is 12.1 Å². The number of ether oxygens (including phenoxy) is 1. The first-order valence-corrected chi connectivity index (χ1v) is 5.03. The molecular formula is C11H12FNO3. The molecule has 0 amide bonds. The fraction of sp³-hybridized carbons (Fsp3) is 0.364. The molecule has 1 saturated heterocycles. The van der Waals surface area contributed by atoms with Crippen molar-refractivity contribution in [2.45, 2.75) is 6.04 Å². The van der Waals surface area contributed by atoms with Gasteiger partial charge in [-0.2, -0.15) is 0 Å². The number of carbonyl (C=O) groups is 1. The minimum atomic E-state index is -1.12. The summed E-state index contributed by atoms with van der Waals surface area (Å²) in [4.78, 5) is 11.0. The quantitative estimate of drug-likeness (QED) is 0.793. The Labute approximate surface area is 92.0 Å². The first kappa shape index (κ1) is 11.0. The van der Waals surface area contributed by atoms with Gasteiger partial charge in [0.15, 0.2) is 0 Å². The molecule has 4 nitrogen and oxygen atoms in total. The molecule has 0 spiro atoms. The molecule has 1 fully saturated rings. The van der Waals surface area contributed by atoms with Crippen LogP contribution in [0.15, 0.2) is 18.2 Å². The molecule has 1 atom stereocenters. The van der Waals surface area contributed by atoms with E-state index in [9.17, 15) is 9.18 Å². The molecule has 86 valence electrons. The topological polar surface area (TPSA) is 58.6 Å². The third kappa shape index (κ3) is 2.05. The standard InChI is InChI=1S/C11H12FNO3/c12-8-3-1-2-7(11(14)15)10(8)9-6-16-5-4-13-9/h1-3,9,13H,4-6H2,(H,14,15). The maximum atomic E-state index is 13.6. The van der Waals surface area contributed by atoms with E-state index in [-0.39, 0.29) is 17.2 Å². The molecule has 2 rings (SSSR count). The summed E-state index contributed by atoms with van der Waals surface area (Å²) in [6.07, 6.45) is 0. The van der Waals surface area contributed by atoms with Gasteiger partial charge < -0.3 is 15.2 Å². The molecule has 1 aromatic carbocycles. The SMILES string of the molecule is O=C(O)c1cccc(F)c1C1COCCN1. The van der Waals surface area contributed by atoms with E-state index < -0.39 is 11.8 Å². The van der Waals surface area contributed by atoms with Crippen LogP contribution in [0.25, 0.3) is 0 Å². The molecule has 1 unspecified atom stereocenters. The maximum Gasteiger partial charge on any atom is 0.336 e. The summed E-state index contributed by atoms with van der Waals surface area (Å²) < 4.78 is 18.8. The lowest BCUT2D eigenvalue weighted by Gasteiger charge is -2.25. The summed E-state index contributed by atoms with van der Waals surface area (Å²) in [5, 5.41) is 12.0. The van der Waals surface area contributed by atoms with Crippen LogP contribution in [0.3, 0.4) is 0 Å². The van der Waals surface area contributed by atoms with Crippen LogP contribution in [-0.4, -0.2) is 30.8 Å². The molecule has 0 radical (unpaired) electrons. The lowest BCUT2D eigenvalue weighted by Crippen LogP contribution is -2.36. The van der Waals surface area contributed by atoms with Gasteiger partial charge in [0.25, 0.3) is 0 Å². The van der Waals surface area contributed by atoms with Crippen LogP contribution >= 0.6 is 0 Å². The van der Waals surface area contributed by atoms with Crippen molar-refractivity contribution in [1.29, 1.82) is 0 Å². The Bertz CT molecular complexity index is 402. The molecule has 0 aliphatic carbocycles. The summed E-state index contributed by atoms with van der Waals surface area (Å²) in [7, 11) is 0. The predicted molar refractivity (Wildman–Crippen MR) is 54.9 cm³/mol. The van der Waals surface area contributed by atoms with E-state index in [2.05, 4.69) is 5.32 Å². The molecular weight excluding hydrogens is 213 g/mol. The van der Waals surface area contributed by atoms with E-state index in [1.54, 1.807) is 0 Å². The van der Waals surface area contributed by atoms with Crippen molar-refractivity contribution in [2.24, 2.45) is 0 Å². The number of nitrogens with one attached hydrogen (secondary N) is 1. The first-order valence-electron chi connectivity index (χ1n) is 5.03. The van der Waals surface area contributed by atoms with E-state index >= 15 is 0 Å². The highest BCUT2D eigenvalue weighted by atomic mass is 19.1. The van der Waals surface area contributed by atoms with Crippen molar-refractivity contribution in [2.75, 3.05) is 19.8 Å². The number of rotatable bonds is 2. The monoisotopic (exact) mass is 225 g/mol. The van der Waals surface area contributed by atoms with Gasteiger partial charge in [-0.15, -0.1) is 0 Å². The van der Waals surface area contributed by atoms with Crippen LogP contribution in [0.2, 0.25) is 0 Å². The molecule has 0 bridgehead atoms. The molecule has 1 aromatic rings. The first-order chi connectivity index (χ1) is 7.70. The molecule has 1 aliphatic rings.